The highest BCUT2D eigenvalue weighted by molar-refractivity contribution is 6.83. The molecule has 0 amide bonds. The van der Waals surface area contributed by atoms with Gasteiger partial charge in [-0.3, -0.25) is 4.68 Å². The van der Waals surface area contributed by atoms with E-state index in [1.807, 2.05) is 37.5 Å². The van der Waals surface area contributed by atoms with Crippen molar-refractivity contribution in [3.8, 4) is 28.3 Å². The van der Waals surface area contributed by atoms with E-state index >= 15 is 0 Å². The third kappa shape index (κ3) is 4.67. The standard InChI is InChI=1S/C23H23N5OSi/c1-28-15-19(14-25-28)17-10-20(12-21(29)11-17)26-23-24-13-18-9-16(5-6-22(18)27-23)7-8-30(2,3)4/h5-6,9-15,29H,1-4H3,(H,24,26,27). The Kier molecular flexibility index (Phi) is 5.02. The van der Waals surface area contributed by atoms with Crippen LogP contribution in [0.25, 0.3) is 22.0 Å². The van der Waals surface area contributed by atoms with Crippen LogP contribution < -0.4 is 5.32 Å². The zero-order chi connectivity index (χ0) is 21.3. The highest BCUT2D eigenvalue weighted by Gasteiger charge is 2.09. The van der Waals surface area contributed by atoms with Crippen LogP contribution in [0.1, 0.15) is 5.56 Å². The van der Waals surface area contributed by atoms with Crippen LogP contribution in [0, 0.1) is 11.5 Å². The molecule has 7 heteroatoms. The summed E-state index contributed by atoms with van der Waals surface area (Å²) in [6, 6.07) is 11.2. The summed E-state index contributed by atoms with van der Waals surface area (Å²) in [6.07, 6.45) is 5.44. The molecule has 0 bridgehead atoms. The monoisotopic (exact) mass is 413 g/mol. The van der Waals surface area contributed by atoms with Crippen LogP contribution in [-0.4, -0.2) is 32.9 Å². The van der Waals surface area contributed by atoms with E-state index in [1.165, 1.54) is 0 Å². The first-order valence-corrected chi connectivity index (χ1v) is 13.2. The zero-order valence-electron chi connectivity index (χ0n) is 17.4. The van der Waals surface area contributed by atoms with Crippen molar-refractivity contribution >= 4 is 30.6 Å². The molecule has 0 saturated heterocycles. The fourth-order valence-electron chi connectivity index (χ4n) is 2.98. The van der Waals surface area contributed by atoms with E-state index in [4.69, 9.17) is 0 Å². The number of aromatic nitrogens is 4. The first kappa shape index (κ1) is 19.7. The van der Waals surface area contributed by atoms with Gasteiger partial charge in [-0.15, -0.1) is 5.54 Å². The molecule has 0 radical (unpaired) electrons. The molecule has 2 aromatic carbocycles. The van der Waals surface area contributed by atoms with Crippen LogP contribution in [-0.2, 0) is 7.05 Å². The number of phenolic OH excluding ortho intramolecular Hbond substituents is 1. The maximum absolute atomic E-state index is 10.1. The lowest BCUT2D eigenvalue weighted by Gasteiger charge is -2.09. The molecule has 2 heterocycles. The lowest BCUT2D eigenvalue weighted by molar-refractivity contribution is 0.476. The first-order valence-electron chi connectivity index (χ1n) is 9.65. The van der Waals surface area contributed by atoms with Crippen molar-refractivity contribution in [3.63, 3.8) is 0 Å². The highest BCUT2D eigenvalue weighted by Crippen LogP contribution is 2.29. The molecule has 0 saturated carbocycles. The van der Waals surface area contributed by atoms with Crippen LogP contribution in [0.3, 0.4) is 0 Å². The average molecular weight is 414 g/mol. The van der Waals surface area contributed by atoms with E-state index in [1.54, 1.807) is 29.2 Å². The number of aryl methyl sites for hydroxylation is 1. The van der Waals surface area contributed by atoms with Crippen LogP contribution in [0.2, 0.25) is 19.6 Å². The van der Waals surface area contributed by atoms with Gasteiger partial charge in [-0.1, -0.05) is 25.6 Å². The van der Waals surface area contributed by atoms with Crippen molar-refractivity contribution in [2.75, 3.05) is 5.32 Å². The van der Waals surface area contributed by atoms with Gasteiger partial charge in [-0.2, -0.15) is 5.10 Å². The Bertz CT molecular complexity index is 1290. The minimum absolute atomic E-state index is 0.158. The lowest BCUT2D eigenvalue weighted by atomic mass is 10.1. The van der Waals surface area contributed by atoms with Crippen molar-refractivity contribution in [2.24, 2.45) is 7.05 Å². The van der Waals surface area contributed by atoms with Crippen LogP contribution in [0.5, 0.6) is 5.75 Å². The minimum atomic E-state index is -1.42. The van der Waals surface area contributed by atoms with E-state index in [0.717, 1.165) is 27.6 Å². The van der Waals surface area contributed by atoms with Gasteiger partial charge in [0.25, 0.3) is 0 Å². The Hall–Kier alpha value is -3.63. The van der Waals surface area contributed by atoms with E-state index in [2.05, 4.69) is 51.5 Å². The van der Waals surface area contributed by atoms with E-state index in [-0.39, 0.29) is 5.75 Å². The van der Waals surface area contributed by atoms with Gasteiger partial charge in [-0.05, 0) is 35.9 Å². The molecular weight excluding hydrogens is 390 g/mol. The number of fused-ring (bicyclic) bond motifs is 1. The number of rotatable bonds is 3. The molecule has 0 fully saturated rings. The second kappa shape index (κ2) is 7.65. The van der Waals surface area contributed by atoms with Crippen molar-refractivity contribution in [1.82, 2.24) is 19.7 Å². The van der Waals surface area contributed by atoms with E-state index in [9.17, 15) is 5.11 Å². The molecule has 4 aromatic rings. The second-order valence-corrected chi connectivity index (χ2v) is 13.0. The summed E-state index contributed by atoms with van der Waals surface area (Å²) >= 11 is 0. The average Bonchev–Trinajstić information content (AvgIpc) is 3.12. The Balaban J connectivity index is 1.61. The van der Waals surface area contributed by atoms with Gasteiger partial charge in [0.15, 0.2) is 0 Å². The quantitative estimate of drug-likeness (QED) is 0.376. The topological polar surface area (TPSA) is 75.9 Å². The number of nitrogens with zero attached hydrogens (tertiary/aromatic N) is 4. The molecule has 0 aliphatic rings. The maximum Gasteiger partial charge on any atom is 0.227 e. The molecule has 2 N–H and O–H groups in total. The summed E-state index contributed by atoms with van der Waals surface area (Å²) in [4.78, 5) is 9.03. The fraction of sp³-hybridized carbons (Fsp3) is 0.174. The van der Waals surface area contributed by atoms with Crippen molar-refractivity contribution < 1.29 is 5.11 Å². The summed E-state index contributed by atoms with van der Waals surface area (Å²) in [7, 11) is 0.437. The molecule has 150 valence electrons. The van der Waals surface area contributed by atoms with Crippen molar-refractivity contribution in [2.45, 2.75) is 19.6 Å². The Morgan fingerprint density at radius 1 is 1.03 bits per heavy atom. The Morgan fingerprint density at radius 3 is 2.60 bits per heavy atom. The number of anilines is 2. The van der Waals surface area contributed by atoms with Gasteiger partial charge in [0, 0.05) is 47.7 Å². The predicted octanol–water partition coefficient (Wildman–Crippen LogP) is 4.71. The summed E-state index contributed by atoms with van der Waals surface area (Å²) in [5.41, 5.74) is 7.66. The number of phenols is 1. The van der Waals surface area contributed by atoms with E-state index < -0.39 is 8.07 Å². The van der Waals surface area contributed by atoms with E-state index in [0.29, 0.717) is 11.6 Å². The summed E-state index contributed by atoms with van der Waals surface area (Å²) < 4.78 is 1.72. The number of aromatic hydroxyl groups is 1. The van der Waals surface area contributed by atoms with Gasteiger partial charge in [0.2, 0.25) is 5.95 Å². The predicted molar refractivity (Wildman–Crippen MR) is 123 cm³/mol. The van der Waals surface area contributed by atoms with Gasteiger partial charge >= 0.3 is 0 Å². The Labute approximate surface area is 176 Å². The molecule has 2 aromatic heterocycles. The zero-order valence-corrected chi connectivity index (χ0v) is 18.4. The smallest absolute Gasteiger partial charge is 0.227 e. The molecule has 0 aliphatic heterocycles. The molecule has 30 heavy (non-hydrogen) atoms. The molecule has 4 rings (SSSR count). The molecule has 0 unspecified atom stereocenters. The molecule has 0 spiro atoms. The number of hydrogen-bond donors (Lipinski definition) is 2. The number of hydrogen-bond acceptors (Lipinski definition) is 5. The maximum atomic E-state index is 10.1. The third-order valence-electron chi connectivity index (χ3n) is 4.37. The van der Waals surface area contributed by atoms with Gasteiger partial charge in [0.05, 0.1) is 11.7 Å². The number of nitrogens with one attached hydrogen (secondary N) is 1. The molecule has 0 aliphatic carbocycles. The minimum Gasteiger partial charge on any atom is -0.508 e. The van der Waals surface area contributed by atoms with Crippen molar-refractivity contribution in [1.29, 1.82) is 0 Å². The molecule has 0 atom stereocenters. The number of benzene rings is 2. The van der Waals surface area contributed by atoms with Gasteiger partial charge < -0.3 is 10.4 Å². The van der Waals surface area contributed by atoms with Gasteiger partial charge in [-0.25, -0.2) is 9.97 Å². The fourth-order valence-corrected chi connectivity index (χ4v) is 3.50. The molecule has 6 nitrogen and oxygen atoms in total. The van der Waals surface area contributed by atoms with Crippen LogP contribution in [0.15, 0.2) is 55.0 Å². The van der Waals surface area contributed by atoms with Gasteiger partial charge in [0.1, 0.15) is 13.8 Å². The largest absolute Gasteiger partial charge is 0.508 e. The molecular formula is C23H23N5OSi. The summed E-state index contributed by atoms with van der Waals surface area (Å²) in [6.45, 7) is 6.68. The first-order chi connectivity index (χ1) is 14.2. The normalized spacial score (nSPS) is 11.2. The SMILES string of the molecule is Cn1cc(-c2cc(O)cc(Nc3ncc4cc(C#C[Si](C)(C)C)ccc4n3)c2)cn1. The summed E-state index contributed by atoms with van der Waals surface area (Å²) in [5, 5.41) is 18.4. The van der Waals surface area contributed by atoms with Crippen LogP contribution >= 0.6 is 0 Å². The van der Waals surface area contributed by atoms with Crippen LogP contribution in [0.4, 0.5) is 11.6 Å². The third-order valence-corrected chi connectivity index (χ3v) is 5.25. The lowest BCUT2D eigenvalue weighted by Crippen LogP contribution is -2.16. The van der Waals surface area contributed by atoms with Crippen molar-refractivity contribution in [3.05, 3.63) is 60.6 Å². The highest BCUT2D eigenvalue weighted by atomic mass is 28.3. The Morgan fingerprint density at radius 2 is 1.87 bits per heavy atom. The second-order valence-electron chi connectivity index (χ2n) is 8.26. The summed E-state index contributed by atoms with van der Waals surface area (Å²) in [5.74, 6) is 3.89.